The second kappa shape index (κ2) is 7.96. The van der Waals surface area contributed by atoms with Gasteiger partial charge in [0.2, 0.25) is 11.6 Å². The average molecular weight is 400 g/mol. The van der Waals surface area contributed by atoms with Crippen LogP contribution in [0.2, 0.25) is 0 Å². The number of aryl methyl sites for hydroxylation is 2. The number of nitrogens with one attached hydrogen (secondary N) is 2. The third kappa shape index (κ3) is 3.88. The SMILES string of the molecule is COC(=O)c1ccccc1Nc1ncnc(Nc2nc(C)c(C)s2)c1[N+](=O)[O-]. The quantitative estimate of drug-likeness (QED) is 0.361. The summed E-state index contributed by atoms with van der Waals surface area (Å²) in [6, 6.07) is 6.48. The average Bonchev–Trinajstić information content (AvgIpc) is 2.98. The Balaban J connectivity index is 2.01. The summed E-state index contributed by atoms with van der Waals surface area (Å²) in [6.45, 7) is 3.76. The minimum atomic E-state index is -0.598. The molecule has 0 atom stereocenters. The van der Waals surface area contributed by atoms with Crippen molar-refractivity contribution in [3.8, 4) is 0 Å². The van der Waals surface area contributed by atoms with Crippen molar-refractivity contribution in [2.24, 2.45) is 0 Å². The zero-order chi connectivity index (χ0) is 20.3. The second-order valence-electron chi connectivity index (χ2n) is 5.62. The fourth-order valence-electron chi connectivity index (χ4n) is 2.37. The lowest BCUT2D eigenvalue weighted by Crippen LogP contribution is -2.09. The molecule has 3 rings (SSSR count). The molecule has 0 aliphatic heterocycles. The Kier molecular flexibility index (Phi) is 5.45. The van der Waals surface area contributed by atoms with Crippen molar-refractivity contribution in [2.75, 3.05) is 17.7 Å². The lowest BCUT2D eigenvalue weighted by molar-refractivity contribution is -0.383. The van der Waals surface area contributed by atoms with Crippen molar-refractivity contribution < 1.29 is 14.5 Å². The number of nitro groups is 1. The molecule has 0 saturated heterocycles. The van der Waals surface area contributed by atoms with Gasteiger partial charge in [0, 0.05) is 4.88 Å². The van der Waals surface area contributed by atoms with Gasteiger partial charge in [-0.3, -0.25) is 10.1 Å². The van der Waals surface area contributed by atoms with Crippen LogP contribution in [0.4, 0.5) is 28.1 Å². The zero-order valence-corrected chi connectivity index (χ0v) is 16.0. The summed E-state index contributed by atoms with van der Waals surface area (Å²) in [5.41, 5.74) is 1.00. The Morgan fingerprint density at radius 3 is 2.46 bits per heavy atom. The van der Waals surface area contributed by atoms with E-state index in [0.29, 0.717) is 10.8 Å². The van der Waals surface area contributed by atoms with Crippen LogP contribution < -0.4 is 10.6 Å². The van der Waals surface area contributed by atoms with E-state index in [-0.39, 0.29) is 22.9 Å². The van der Waals surface area contributed by atoms with Crippen molar-refractivity contribution in [2.45, 2.75) is 13.8 Å². The fraction of sp³-hybridized carbons (Fsp3) is 0.176. The van der Waals surface area contributed by atoms with E-state index in [1.165, 1.54) is 24.8 Å². The van der Waals surface area contributed by atoms with E-state index in [0.717, 1.165) is 10.6 Å². The Morgan fingerprint density at radius 1 is 1.18 bits per heavy atom. The maximum absolute atomic E-state index is 11.9. The summed E-state index contributed by atoms with van der Waals surface area (Å²) in [7, 11) is 1.26. The van der Waals surface area contributed by atoms with Crippen molar-refractivity contribution in [1.82, 2.24) is 15.0 Å². The third-order valence-electron chi connectivity index (χ3n) is 3.84. The maximum atomic E-state index is 11.9. The molecule has 3 aromatic rings. The van der Waals surface area contributed by atoms with Crippen LogP contribution in [0.5, 0.6) is 0 Å². The summed E-state index contributed by atoms with van der Waals surface area (Å²) in [6.07, 6.45) is 1.19. The molecule has 0 radical (unpaired) electrons. The number of rotatable bonds is 6. The van der Waals surface area contributed by atoms with E-state index in [9.17, 15) is 14.9 Å². The molecule has 0 fully saturated rings. The number of ether oxygens (including phenoxy) is 1. The number of anilines is 4. The summed E-state index contributed by atoms with van der Waals surface area (Å²) in [4.78, 5) is 36.3. The third-order valence-corrected chi connectivity index (χ3v) is 4.83. The molecule has 0 aliphatic rings. The number of nitrogens with zero attached hydrogens (tertiary/aromatic N) is 4. The molecule has 0 aliphatic carbocycles. The van der Waals surface area contributed by atoms with Gasteiger partial charge in [-0.1, -0.05) is 12.1 Å². The van der Waals surface area contributed by atoms with Crippen LogP contribution in [0.1, 0.15) is 20.9 Å². The van der Waals surface area contributed by atoms with Gasteiger partial charge in [-0.15, -0.1) is 11.3 Å². The van der Waals surface area contributed by atoms with E-state index in [2.05, 4.69) is 25.6 Å². The number of hydrogen-bond acceptors (Lipinski definition) is 10. The Bertz CT molecular complexity index is 1030. The number of carbonyl (C=O) groups excluding carboxylic acids is 1. The number of thiazole rings is 1. The first-order chi connectivity index (χ1) is 13.4. The van der Waals surface area contributed by atoms with Crippen LogP contribution in [-0.4, -0.2) is 33.0 Å². The van der Waals surface area contributed by atoms with E-state index >= 15 is 0 Å². The van der Waals surface area contributed by atoms with Gasteiger partial charge in [0.25, 0.3) is 0 Å². The Labute approximate surface area is 163 Å². The fourth-order valence-corrected chi connectivity index (χ4v) is 3.18. The van der Waals surface area contributed by atoms with Gasteiger partial charge in [0.1, 0.15) is 6.33 Å². The van der Waals surface area contributed by atoms with Gasteiger partial charge in [-0.05, 0) is 26.0 Å². The molecule has 0 spiro atoms. The van der Waals surface area contributed by atoms with Crippen LogP contribution in [-0.2, 0) is 4.74 Å². The summed E-state index contributed by atoms with van der Waals surface area (Å²) < 4.78 is 4.74. The molecule has 2 N–H and O–H groups in total. The highest BCUT2D eigenvalue weighted by Crippen LogP contribution is 2.35. The van der Waals surface area contributed by atoms with Crippen molar-refractivity contribution in [1.29, 1.82) is 0 Å². The van der Waals surface area contributed by atoms with Gasteiger partial charge in [0.05, 0.1) is 29.0 Å². The molecule has 28 heavy (non-hydrogen) atoms. The number of methoxy groups -OCH3 is 1. The number of para-hydroxylation sites is 1. The van der Waals surface area contributed by atoms with Crippen molar-refractivity contribution in [3.05, 3.63) is 56.8 Å². The monoisotopic (exact) mass is 400 g/mol. The predicted octanol–water partition coefficient (Wildman–Crippen LogP) is 3.73. The van der Waals surface area contributed by atoms with Gasteiger partial charge in [-0.2, -0.15) is 0 Å². The molecule has 2 aromatic heterocycles. The number of hydrogen-bond donors (Lipinski definition) is 2. The normalized spacial score (nSPS) is 10.4. The minimum Gasteiger partial charge on any atom is -0.465 e. The Hall–Kier alpha value is -3.60. The van der Waals surface area contributed by atoms with Crippen LogP contribution in [0.3, 0.4) is 0 Å². The van der Waals surface area contributed by atoms with Gasteiger partial charge in [-0.25, -0.2) is 19.7 Å². The molecular formula is C17H16N6O4S. The number of benzene rings is 1. The van der Waals surface area contributed by atoms with Gasteiger partial charge < -0.3 is 15.4 Å². The van der Waals surface area contributed by atoms with Crippen LogP contribution in [0.25, 0.3) is 0 Å². The molecule has 0 bridgehead atoms. The molecular weight excluding hydrogens is 384 g/mol. The van der Waals surface area contributed by atoms with Crippen molar-refractivity contribution >= 4 is 45.4 Å². The molecule has 2 heterocycles. The number of carbonyl (C=O) groups is 1. The second-order valence-corrected chi connectivity index (χ2v) is 6.83. The van der Waals surface area contributed by atoms with E-state index < -0.39 is 10.9 Å². The Morgan fingerprint density at radius 2 is 1.86 bits per heavy atom. The summed E-state index contributed by atoms with van der Waals surface area (Å²) in [5, 5.41) is 17.9. The first kappa shape index (κ1) is 19.2. The zero-order valence-electron chi connectivity index (χ0n) is 15.2. The summed E-state index contributed by atoms with van der Waals surface area (Å²) in [5.74, 6) is -0.650. The van der Waals surface area contributed by atoms with Gasteiger partial charge in [0.15, 0.2) is 5.13 Å². The topological polar surface area (TPSA) is 132 Å². The largest absolute Gasteiger partial charge is 0.465 e. The molecule has 10 nitrogen and oxygen atoms in total. The first-order valence-electron chi connectivity index (χ1n) is 8.05. The highest BCUT2D eigenvalue weighted by Gasteiger charge is 2.25. The lowest BCUT2D eigenvalue weighted by atomic mass is 10.2. The molecule has 144 valence electrons. The smallest absolute Gasteiger partial charge is 0.353 e. The van der Waals surface area contributed by atoms with E-state index in [4.69, 9.17) is 4.74 Å². The highest BCUT2D eigenvalue weighted by atomic mass is 32.1. The number of esters is 1. The predicted molar refractivity (Wildman–Crippen MR) is 105 cm³/mol. The van der Waals surface area contributed by atoms with Crippen LogP contribution in [0.15, 0.2) is 30.6 Å². The van der Waals surface area contributed by atoms with Crippen molar-refractivity contribution in [3.63, 3.8) is 0 Å². The molecule has 11 heteroatoms. The molecule has 1 aromatic carbocycles. The van der Waals surface area contributed by atoms with Gasteiger partial charge >= 0.3 is 11.7 Å². The first-order valence-corrected chi connectivity index (χ1v) is 8.87. The molecule has 0 saturated carbocycles. The van der Waals surface area contributed by atoms with Crippen LogP contribution in [0, 0.1) is 24.0 Å². The molecule has 0 amide bonds. The summed E-state index contributed by atoms with van der Waals surface area (Å²) >= 11 is 1.36. The lowest BCUT2D eigenvalue weighted by Gasteiger charge is -2.11. The van der Waals surface area contributed by atoms with Crippen LogP contribution >= 0.6 is 11.3 Å². The number of aromatic nitrogens is 3. The minimum absolute atomic E-state index is 0.00759. The maximum Gasteiger partial charge on any atom is 0.353 e. The highest BCUT2D eigenvalue weighted by molar-refractivity contribution is 7.15. The van der Waals surface area contributed by atoms with E-state index in [1.807, 2.05) is 13.8 Å². The standard InChI is InChI=1S/C17H16N6O4S/c1-9-10(2)28-17(20-9)22-15-13(23(25)26)14(18-8-19-15)21-12-7-5-4-6-11(12)16(24)27-3/h4-8H,1-3H3,(H2,18,19,20,21,22). The van der Waals surface area contributed by atoms with E-state index in [1.54, 1.807) is 24.3 Å². The molecule has 0 unspecified atom stereocenters.